The number of fused-ring (bicyclic) bond motifs is 1. The van der Waals surface area contributed by atoms with E-state index in [0.717, 1.165) is 12.1 Å². The van der Waals surface area contributed by atoms with Gasteiger partial charge in [0.2, 0.25) is 5.95 Å². The van der Waals surface area contributed by atoms with Crippen LogP contribution in [0.5, 0.6) is 5.75 Å². The number of aryl methyl sites for hydroxylation is 1. The van der Waals surface area contributed by atoms with Gasteiger partial charge in [-0.05, 0) is 17.7 Å². The molecule has 0 aliphatic heterocycles. The van der Waals surface area contributed by atoms with Crippen LogP contribution < -0.4 is 20.7 Å². The molecule has 212 valence electrons. The van der Waals surface area contributed by atoms with Gasteiger partial charge in [-0.1, -0.05) is 29.3 Å². The van der Waals surface area contributed by atoms with Crippen LogP contribution in [0.2, 0.25) is 10.0 Å². The van der Waals surface area contributed by atoms with E-state index in [1.54, 1.807) is 5.32 Å². The molecule has 1 heterocycles. The van der Waals surface area contributed by atoms with Gasteiger partial charge in [-0.15, -0.1) is 0 Å². The number of amides is 2. The normalized spacial score (nSPS) is 11.8. The minimum absolute atomic E-state index is 0.0372. The highest BCUT2D eigenvalue weighted by atomic mass is 35.5. The lowest BCUT2D eigenvalue weighted by Gasteiger charge is -2.14. The first-order valence-corrected chi connectivity index (χ1v) is 11.5. The van der Waals surface area contributed by atoms with Crippen molar-refractivity contribution in [2.24, 2.45) is 7.05 Å². The monoisotopic (exact) mass is 603 g/mol. The molecule has 17 heteroatoms. The van der Waals surface area contributed by atoms with Crippen molar-refractivity contribution in [3.05, 3.63) is 45.4 Å². The van der Waals surface area contributed by atoms with Gasteiger partial charge in [-0.25, -0.2) is 13.8 Å². The summed E-state index contributed by atoms with van der Waals surface area (Å²) in [6.45, 7) is -3.15. The minimum atomic E-state index is -4.72. The molecule has 0 aliphatic rings. The molecule has 0 radical (unpaired) electrons. The van der Waals surface area contributed by atoms with Crippen molar-refractivity contribution >= 4 is 57.7 Å². The maximum atomic E-state index is 12.8. The highest BCUT2D eigenvalue weighted by molar-refractivity contribution is 6.39. The molecule has 8 nitrogen and oxygen atoms in total. The fraction of sp³-hybridized carbons (Fsp3) is 0.318. The number of anilines is 2. The van der Waals surface area contributed by atoms with Crippen LogP contribution in [0.3, 0.4) is 0 Å². The lowest BCUT2D eigenvalue weighted by molar-refractivity contribution is -0.131. The van der Waals surface area contributed by atoms with E-state index in [0.29, 0.717) is 0 Å². The number of aromatic nitrogens is 2. The summed E-state index contributed by atoms with van der Waals surface area (Å²) in [6, 6.07) is 4.99. The molecule has 0 aliphatic carbocycles. The van der Waals surface area contributed by atoms with Crippen molar-refractivity contribution in [2.45, 2.75) is 25.6 Å². The molecule has 39 heavy (non-hydrogen) atoms. The number of imidazole rings is 1. The number of hydrogen-bond acceptors (Lipinski definition) is 5. The number of carbonyl (C=O) groups excluding carboxylic acids is 2. The molecule has 2 aromatic carbocycles. The number of benzene rings is 2. The Kier molecular flexibility index (Phi) is 9.38. The van der Waals surface area contributed by atoms with E-state index in [9.17, 15) is 40.3 Å². The molecular formula is C22H18Cl2F7N5O3. The van der Waals surface area contributed by atoms with Crippen LogP contribution in [0, 0.1) is 0 Å². The second-order valence-electron chi connectivity index (χ2n) is 7.87. The van der Waals surface area contributed by atoms with E-state index in [4.69, 9.17) is 27.9 Å². The Morgan fingerprint density at radius 2 is 1.79 bits per heavy atom. The van der Waals surface area contributed by atoms with E-state index < -0.39 is 55.3 Å². The van der Waals surface area contributed by atoms with Gasteiger partial charge in [-0.2, -0.15) is 22.0 Å². The lowest BCUT2D eigenvalue weighted by atomic mass is 10.1. The first kappa shape index (κ1) is 30.1. The van der Waals surface area contributed by atoms with Crippen molar-refractivity contribution in [1.82, 2.24) is 20.2 Å². The smallest absolute Gasteiger partial charge is 0.405 e. The summed E-state index contributed by atoms with van der Waals surface area (Å²) >= 11 is 12.6. The first-order chi connectivity index (χ1) is 18.2. The van der Waals surface area contributed by atoms with Crippen molar-refractivity contribution in [2.75, 3.05) is 18.5 Å². The van der Waals surface area contributed by atoms with Crippen molar-refractivity contribution in [3.8, 4) is 5.75 Å². The highest BCUT2D eigenvalue weighted by Crippen LogP contribution is 2.37. The molecule has 0 spiro atoms. The summed E-state index contributed by atoms with van der Waals surface area (Å²) in [5.74, 6) is -3.12. The average molecular weight is 604 g/mol. The number of ether oxygens (including phenoxy) is 1. The zero-order valence-electron chi connectivity index (χ0n) is 19.6. The van der Waals surface area contributed by atoms with Crippen LogP contribution in [0.15, 0.2) is 24.3 Å². The summed E-state index contributed by atoms with van der Waals surface area (Å²) in [5.41, 5.74) is 0.112. The number of nitrogens with zero attached hydrogens (tertiary/aromatic N) is 2. The van der Waals surface area contributed by atoms with Crippen LogP contribution >= 0.6 is 23.2 Å². The van der Waals surface area contributed by atoms with E-state index in [1.807, 2.05) is 5.32 Å². The van der Waals surface area contributed by atoms with E-state index in [2.05, 4.69) is 10.3 Å². The Labute approximate surface area is 225 Å². The number of halogens is 9. The predicted octanol–water partition coefficient (Wildman–Crippen LogP) is 5.44. The third kappa shape index (κ3) is 7.56. The maximum absolute atomic E-state index is 12.8. The Hall–Kier alpha value is -3.46. The number of nitrogens with one attached hydrogen (secondary N) is 3. The average Bonchev–Trinajstić information content (AvgIpc) is 3.16. The van der Waals surface area contributed by atoms with Gasteiger partial charge in [0.1, 0.15) is 18.9 Å². The molecule has 0 saturated carbocycles. The molecule has 0 bridgehead atoms. The molecule has 3 rings (SSSR count). The Balaban J connectivity index is 1.98. The molecule has 3 aromatic rings. The zero-order valence-corrected chi connectivity index (χ0v) is 21.1. The second kappa shape index (κ2) is 12.2. The molecule has 0 atom stereocenters. The third-order valence-electron chi connectivity index (χ3n) is 5.10. The number of carbonyl (C=O) groups is 2. The van der Waals surface area contributed by atoms with Crippen molar-refractivity contribution < 1.29 is 45.1 Å². The van der Waals surface area contributed by atoms with Crippen LogP contribution in [-0.2, 0) is 18.4 Å². The van der Waals surface area contributed by atoms with Crippen LogP contribution in [0.4, 0.5) is 42.4 Å². The summed E-state index contributed by atoms with van der Waals surface area (Å²) in [5, 5.41) is 6.51. The standard InChI is InChI=1S/C22H18Cl2F7N5O3/c1-36-13-5-14(39-7-15(25)26)10(19(37)33-8-22(29,30)31)4-12(13)34-21(36)35-17-11(23)3-2-9(16(17)24)6-32-20(38)18(27)28/h2-5,15,18H,6-8H2,1H3,(H,32,38)(H,33,37)(H,34,35). The molecule has 2 amide bonds. The Morgan fingerprint density at radius 3 is 2.41 bits per heavy atom. The fourth-order valence-electron chi connectivity index (χ4n) is 3.27. The summed E-state index contributed by atoms with van der Waals surface area (Å²) in [7, 11) is 1.48. The quantitative estimate of drug-likeness (QED) is 0.268. The van der Waals surface area contributed by atoms with Gasteiger partial charge in [-0.3, -0.25) is 9.59 Å². The number of alkyl halides is 7. The van der Waals surface area contributed by atoms with Crippen molar-refractivity contribution in [3.63, 3.8) is 0 Å². The van der Waals surface area contributed by atoms with Crippen LogP contribution in [0.25, 0.3) is 11.0 Å². The Morgan fingerprint density at radius 1 is 1.10 bits per heavy atom. The van der Waals surface area contributed by atoms with Gasteiger partial charge < -0.3 is 25.3 Å². The van der Waals surface area contributed by atoms with Gasteiger partial charge in [0.15, 0.2) is 0 Å². The number of hydrogen-bond donors (Lipinski definition) is 3. The van der Waals surface area contributed by atoms with Gasteiger partial charge in [0.05, 0.1) is 32.3 Å². The van der Waals surface area contributed by atoms with Gasteiger partial charge >= 0.3 is 12.6 Å². The van der Waals surface area contributed by atoms with Gasteiger partial charge in [0, 0.05) is 19.7 Å². The van der Waals surface area contributed by atoms with Crippen LogP contribution in [-0.4, -0.2) is 53.5 Å². The van der Waals surface area contributed by atoms with E-state index in [-0.39, 0.29) is 44.8 Å². The molecule has 0 unspecified atom stereocenters. The minimum Gasteiger partial charge on any atom is -0.487 e. The maximum Gasteiger partial charge on any atom is 0.405 e. The second-order valence-corrected chi connectivity index (χ2v) is 8.66. The van der Waals surface area contributed by atoms with Crippen LogP contribution in [0.1, 0.15) is 15.9 Å². The molecule has 3 N–H and O–H groups in total. The van der Waals surface area contributed by atoms with E-state index >= 15 is 0 Å². The summed E-state index contributed by atoms with van der Waals surface area (Å²) in [4.78, 5) is 27.9. The SMILES string of the molecule is Cn1c(Nc2c(Cl)ccc(CNC(=O)C(F)F)c2Cl)nc2cc(C(=O)NCC(F)(F)F)c(OCC(F)F)cc21. The summed E-state index contributed by atoms with van der Waals surface area (Å²) < 4.78 is 94.6. The molecule has 0 fully saturated rings. The molecular weight excluding hydrogens is 586 g/mol. The zero-order chi connectivity index (χ0) is 29.1. The van der Waals surface area contributed by atoms with Crippen molar-refractivity contribution in [1.29, 1.82) is 0 Å². The fourth-order valence-corrected chi connectivity index (χ4v) is 3.81. The molecule has 1 aromatic heterocycles. The third-order valence-corrected chi connectivity index (χ3v) is 5.85. The van der Waals surface area contributed by atoms with E-state index in [1.165, 1.54) is 23.7 Å². The predicted molar refractivity (Wildman–Crippen MR) is 128 cm³/mol. The lowest BCUT2D eigenvalue weighted by Crippen LogP contribution is -2.34. The first-order valence-electron chi connectivity index (χ1n) is 10.7. The largest absolute Gasteiger partial charge is 0.487 e. The molecule has 0 saturated heterocycles. The van der Waals surface area contributed by atoms with Gasteiger partial charge in [0.25, 0.3) is 18.2 Å². The number of rotatable bonds is 10. The summed E-state index contributed by atoms with van der Waals surface area (Å²) in [6.07, 6.45) is -10.9. The highest BCUT2D eigenvalue weighted by Gasteiger charge is 2.29. The Bertz CT molecular complexity index is 1380. The topological polar surface area (TPSA) is 97.3 Å².